The Bertz CT molecular complexity index is 580. The van der Waals surface area contributed by atoms with E-state index in [1.807, 2.05) is 22.7 Å². The second-order valence-electron chi connectivity index (χ2n) is 6.13. The molecule has 0 saturated heterocycles. The van der Waals surface area contributed by atoms with Gasteiger partial charge < -0.3 is 5.73 Å². The van der Waals surface area contributed by atoms with Crippen LogP contribution in [0, 0.1) is 10.8 Å². The monoisotopic (exact) mass is 230 g/mol. The summed E-state index contributed by atoms with van der Waals surface area (Å²) in [6.45, 7) is 9.13. The van der Waals surface area contributed by atoms with Gasteiger partial charge in [0.05, 0.1) is 0 Å². The van der Waals surface area contributed by atoms with Crippen LogP contribution in [-0.4, -0.2) is 14.6 Å². The molecule has 0 unspecified atom stereocenters. The first-order valence-corrected chi connectivity index (χ1v) is 5.96. The summed E-state index contributed by atoms with van der Waals surface area (Å²) >= 11 is 0. The van der Waals surface area contributed by atoms with Crippen molar-refractivity contribution in [3.05, 3.63) is 24.2 Å². The fourth-order valence-electron chi connectivity index (χ4n) is 2.96. The minimum absolute atomic E-state index is 0.264. The van der Waals surface area contributed by atoms with Gasteiger partial charge in [0.15, 0.2) is 5.65 Å². The lowest BCUT2D eigenvalue weighted by molar-refractivity contribution is 0.457. The van der Waals surface area contributed by atoms with E-state index in [1.165, 1.54) is 0 Å². The van der Waals surface area contributed by atoms with Crippen LogP contribution in [0.5, 0.6) is 0 Å². The molecule has 0 aliphatic heterocycles. The van der Waals surface area contributed by atoms with Gasteiger partial charge in [-0.25, -0.2) is 0 Å². The van der Waals surface area contributed by atoms with Gasteiger partial charge in [-0.05, 0) is 23.0 Å². The van der Waals surface area contributed by atoms with Crippen LogP contribution < -0.4 is 5.73 Å². The maximum absolute atomic E-state index is 5.83. The topological polar surface area (TPSA) is 56.2 Å². The number of hydrogen-bond donors (Lipinski definition) is 1. The first-order chi connectivity index (χ1) is 7.85. The molecule has 2 aromatic heterocycles. The van der Waals surface area contributed by atoms with Crippen molar-refractivity contribution in [2.75, 3.05) is 5.73 Å². The summed E-state index contributed by atoms with van der Waals surface area (Å²) in [5, 5.41) is 8.56. The molecule has 2 aromatic rings. The fraction of sp³-hybridized carbons (Fsp3) is 0.538. The number of nitrogens with zero attached hydrogens (tertiary/aromatic N) is 3. The lowest BCUT2D eigenvalue weighted by Crippen LogP contribution is -1.98. The molecule has 2 N–H and O–H groups in total. The van der Waals surface area contributed by atoms with Crippen molar-refractivity contribution in [3.63, 3.8) is 0 Å². The van der Waals surface area contributed by atoms with Crippen LogP contribution in [-0.2, 0) is 0 Å². The molecule has 0 radical (unpaired) electrons. The van der Waals surface area contributed by atoms with E-state index in [2.05, 4.69) is 37.9 Å². The summed E-state index contributed by atoms with van der Waals surface area (Å²) in [7, 11) is 0. The third-order valence-electron chi connectivity index (χ3n) is 4.73. The van der Waals surface area contributed by atoms with Crippen molar-refractivity contribution >= 4 is 11.3 Å². The highest BCUT2D eigenvalue weighted by Crippen LogP contribution is 2.73. The van der Waals surface area contributed by atoms with Crippen molar-refractivity contribution in [1.82, 2.24) is 14.6 Å². The smallest absolute Gasteiger partial charge is 0.160 e. The molecule has 0 bridgehead atoms. The largest absolute Gasteiger partial charge is 0.398 e. The lowest BCUT2D eigenvalue weighted by atomic mass is 10.0. The van der Waals surface area contributed by atoms with Gasteiger partial charge in [0.2, 0.25) is 0 Å². The SMILES string of the molecule is CC1(C)C(c2nnc3ccc(N)cn23)C1(C)C. The number of hydrogen-bond acceptors (Lipinski definition) is 3. The molecule has 2 heterocycles. The van der Waals surface area contributed by atoms with Crippen LogP contribution in [0.3, 0.4) is 0 Å². The Balaban J connectivity index is 2.17. The molecule has 4 nitrogen and oxygen atoms in total. The predicted octanol–water partition coefficient (Wildman–Crippen LogP) is 2.46. The van der Waals surface area contributed by atoms with Gasteiger partial charge in [-0.1, -0.05) is 27.7 Å². The van der Waals surface area contributed by atoms with Crippen molar-refractivity contribution in [3.8, 4) is 0 Å². The molecule has 0 spiro atoms. The molecule has 1 fully saturated rings. The zero-order chi connectivity index (χ0) is 12.4. The highest BCUT2D eigenvalue weighted by Gasteiger charge is 2.67. The molecule has 1 aliphatic rings. The van der Waals surface area contributed by atoms with Gasteiger partial charge in [-0.2, -0.15) is 0 Å². The molecular formula is C13H18N4. The Morgan fingerprint density at radius 2 is 1.76 bits per heavy atom. The first kappa shape index (κ1) is 10.6. The summed E-state index contributed by atoms with van der Waals surface area (Å²) in [5.41, 5.74) is 7.97. The zero-order valence-corrected chi connectivity index (χ0v) is 10.7. The number of nitrogen functional groups attached to an aromatic ring is 1. The lowest BCUT2D eigenvalue weighted by Gasteiger charge is -2.03. The van der Waals surface area contributed by atoms with Crippen LogP contribution >= 0.6 is 0 Å². The van der Waals surface area contributed by atoms with E-state index in [9.17, 15) is 0 Å². The van der Waals surface area contributed by atoms with Crippen molar-refractivity contribution in [1.29, 1.82) is 0 Å². The normalized spacial score (nSPS) is 21.9. The summed E-state index contributed by atoms with van der Waals surface area (Å²) < 4.78 is 2.02. The third kappa shape index (κ3) is 1.18. The fourth-order valence-corrected chi connectivity index (χ4v) is 2.96. The Morgan fingerprint density at radius 1 is 1.12 bits per heavy atom. The Labute approximate surface area is 101 Å². The molecule has 3 rings (SSSR count). The molecule has 0 amide bonds. The van der Waals surface area contributed by atoms with Crippen LogP contribution in [0.2, 0.25) is 0 Å². The van der Waals surface area contributed by atoms with Gasteiger partial charge >= 0.3 is 0 Å². The molecule has 0 aromatic carbocycles. The maximum Gasteiger partial charge on any atom is 0.160 e. The molecule has 1 aliphatic carbocycles. The number of nitrogens with two attached hydrogens (primary N) is 1. The van der Waals surface area contributed by atoms with Crippen molar-refractivity contribution in [2.24, 2.45) is 10.8 Å². The molecule has 90 valence electrons. The molecule has 4 heteroatoms. The van der Waals surface area contributed by atoms with Gasteiger partial charge in [0.25, 0.3) is 0 Å². The Hall–Kier alpha value is -1.58. The van der Waals surface area contributed by atoms with Gasteiger partial charge in [0.1, 0.15) is 5.82 Å². The van der Waals surface area contributed by atoms with Gasteiger partial charge in [-0.3, -0.25) is 4.40 Å². The van der Waals surface area contributed by atoms with E-state index in [-0.39, 0.29) is 10.8 Å². The Morgan fingerprint density at radius 3 is 2.35 bits per heavy atom. The van der Waals surface area contributed by atoms with E-state index in [4.69, 9.17) is 5.73 Å². The Kier molecular flexibility index (Phi) is 1.74. The quantitative estimate of drug-likeness (QED) is 0.818. The number of fused-ring (bicyclic) bond motifs is 1. The number of aromatic nitrogens is 3. The zero-order valence-electron chi connectivity index (χ0n) is 10.7. The summed E-state index contributed by atoms with van der Waals surface area (Å²) in [4.78, 5) is 0. The summed E-state index contributed by atoms with van der Waals surface area (Å²) in [6.07, 6.45) is 1.91. The third-order valence-corrected chi connectivity index (χ3v) is 4.73. The van der Waals surface area contributed by atoms with Gasteiger partial charge in [0, 0.05) is 17.8 Å². The van der Waals surface area contributed by atoms with E-state index in [1.54, 1.807) is 0 Å². The second-order valence-corrected chi connectivity index (χ2v) is 6.13. The predicted molar refractivity (Wildman–Crippen MR) is 67.7 cm³/mol. The average molecular weight is 230 g/mol. The molecular weight excluding hydrogens is 212 g/mol. The molecule has 0 atom stereocenters. The number of pyridine rings is 1. The van der Waals surface area contributed by atoms with Crippen LogP contribution in [0.1, 0.15) is 39.4 Å². The summed E-state index contributed by atoms with van der Waals surface area (Å²) in [6, 6.07) is 3.77. The molecule has 1 saturated carbocycles. The molecule has 17 heavy (non-hydrogen) atoms. The van der Waals surface area contributed by atoms with E-state index in [0.717, 1.165) is 17.2 Å². The van der Waals surface area contributed by atoms with Crippen molar-refractivity contribution in [2.45, 2.75) is 33.6 Å². The number of rotatable bonds is 1. The van der Waals surface area contributed by atoms with E-state index in [0.29, 0.717) is 5.92 Å². The minimum Gasteiger partial charge on any atom is -0.398 e. The minimum atomic E-state index is 0.264. The van der Waals surface area contributed by atoms with E-state index < -0.39 is 0 Å². The highest BCUT2D eigenvalue weighted by molar-refractivity contribution is 5.48. The summed E-state index contributed by atoms with van der Waals surface area (Å²) in [5.74, 6) is 1.47. The van der Waals surface area contributed by atoms with Crippen LogP contribution in [0.4, 0.5) is 5.69 Å². The van der Waals surface area contributed by atoms with Gasteiger partial charge in [-0.15, -0.1) is 10.2 Å². The average Bonchev–Trinajstić information content (AvgIpc) is 2.58. The van der Waals surface area contributed by atoms with Crippen LogP contribution in [0.15, 0.2) is 18.3 Å². The maximum atomic E-state index is 5.83. The van der Waals surface area contributed by atoms with Crippen molar-refractivity contribution < 1.29 is 0 Å². The van der Waals surface area contributed by atoms with E-state index >= 15 is 0 Å². The number of anilines is 1. The van der Waals surface area contributed by atoms with Crippen LogP contribution in [0.25, 0.3) is 5.65 Å². The first-order valence-electron chi connectivity index (χ1n) is 5.96. The standard InChI is InChI=1S/C13H18N4/c1-12(2)10(13(12,3)4)11-16-15-9-6-5-8(14)7-17(9)11/h5-7,10H,14H2,1-4H3. The highest BCUT2D eigenvalue weighted by atomic mass is 15.3. The second kappa shape index (κ2) is 2.81.